The average Bonchev–Trinajstić information content (AvgIpc) is 3.36. The maximum atomic E-state index is 13.0. The Kier molecular flexibility index (Phi) is 4.61. The molecule has 134 valence electrons. The highest BCUT2D eigenvalue weighted by Crippen LogP contribution is 2.35. The summed E-state index contributed by atoms with van der Waals surface area (Å²) in [6.07, 6.45) is 5.55. The van der Waals surface area contributed by atoms with E-state index in [4.69, 9.17) is 8.94 Å². The maximum Gasteiger partial charge on any atom is 0.226 e. The fraction of sp³-hybridized carbons (Fsp3) is 0.579. The normalized spacial score (nSPS) is 22.6. The van der Waals surface area contributed by atoms with Crippen molar-refractivity contribution in [1.82, 2.24) is 15.0 Å². The minimum absolute atomic E-state index is 0.0647. The van der Waals surface area contributed by atoms with E-state index < -0.39 is 0 Å². The summed E-state index contributed by atoms with van der Waals surface area (Å²) in [7, 11) is 0. The quantitative estimate of drug-likeness (QED) is 0.853. The third-order valence-corrected chi connectivity index (χ3v) is 5.41. The van der Waals surface area contributed by atoms with Crippen molar-refractivity contribution >= 4 is 5.91 Å². The molecule has 1 amide bonds. The molecule has 4 heterocycles. The third-order valence-electron chi connectivity index (χ3n) is 5.41. The van der Waals surface area contributed by atoms with Gasteiger partial charge in [0.05, 0.1) is 24.5 Å². The highest BCUT2D eigenvalue weighted by Gasteiger charge is 2.37. The molecule has 6 nitrogen and oxygen atoms in total. The van der Waals surface area contributed by atoms with Crippen LogP contribution in [-0.2, 0) is 11.3 Å². The second kappa shape index (κ2) is 7.04. The van der Waals surface area contributed by atoms with Crippen LogP contribution in [0.2, 0.25) is 0 Å². The lowest BCUT2D eigenvalue weighted by atomic mass is 9.94. The van der Waals surface area contributed by atoms with E-state index in [-0.39, 0.29) is 17.9 Å². The Morgan fingerprint density at radius 1 is 1.28 bits per heavy atom. The van der Waals surface area contributed by atoms with Gasteiger partial charge in [-0.15, -0.1) is 0 Å². The van der Waals surface area contributed by atoms with Crippen LogP contribution >= 0.6 is 0 Å². The van der Waals surface area contributed by atoms with Crippen LogP contribution in [0.1, 0.15) is 48.9 Å². The summed E-state index contributed by atoms with van der Waals surface area (Å²) in [5.41, 5.74) is 0.875. The van der Waals surface area contributed by atoms with Crippen LogP contribution in [0.15, 0.2) is 33.4 Å². The van der Waals surface area contributed by atoms with Gasteiger partial charge >= 0.3 is 0 Å². The number of likely N-dealkylation sites (tertiary alicyclic amines) is 2. The molecule has 2 fully saturated rings. The number of carbonyl (C=O) groups excluding carboxylic acids is 1. The van der Waals surface area contributed by atoms with E-state index in [1.54, 1.807) is 6.26 Å². The predicted octanol–water partition coefficient (Wildman–Crippen LogP) is 3.15. The fourth-order valence-corrected chi connectivity index (χ4v) is 4.06. The van der Waals surface area contributed by atoms with Crippen LogP contribution in [0, 0.1) is 12.8 Å². The van der Waals surface area contributed by atoms with Gasteiger partial charge in [-0.25, -0.2) is 0 Å². The number of furan rings is 1. The number of piperidine rings is 1. The molecule has 2 aliphatic heterocycles. The molecule has 4 rings (SSSR count). The molecule has 1 atom stereocenters. The van der Waals surface area contributed by atoms with E-state index in [2.05, 4.69) is 10.1 Å². The topological polar surface area (TPSA) is 62.7 Å². The molecular weight excluding hydrogens is 318 g/mol. The van der Waals surface area contributed by atoms with Crippen LogP contribution in [0.5, 0.6) is 0 Å². The second-order valence-electron chi connectivity index (χ2n) is 7.19. The van der Waals surface area contributed by atoms with Crippen molar-refractivity contribution in [2.75, 3.05) is 19.6 Å². The minimum Gasteiger partial charge on any atom is -0.468 e. The monoisotopic (exact) mass is 343 g/mol. The number of aromatic nitrogens is 1. The second-order valence-corrected chi connectivity index (χ2v) is 7.19. The lowest BCUT2D eigenvalue weighted by Gasteiger charge is -2.34. The molecule has 0 unspecified atom stereocenters. The van der Waals surface area contributed by atoms with E-state index in [0.29, 0.717) is 0 Å². The predicted molar refractivity (Wildman–Crippen MR) is 91.6 cm³/mol. The zero-order chi connectivity index (χ0) is 17.2. The van der Waals surface area contributed by atoms with Crippen LogP contribution in [-0.4, -0.2) is 40.5 Å². The van der Waals surface area contributed by atoms with Gasteiger partial charge in [0, 0.05) is 18.5 Å². The summed E-state index contributed by atoms with van der Waals surface area (Å²) in [4.78, 5) is 17.4. The lowest BCUT2D eigenvalue weighted by Crippen LogP contribution is -2.42. The van der Waals surface area contributed by atoms with Crippen molar-refractivity contribution in [2.24, 2.45) is 5.92 Å². The third kappa shape index (κ3) is 3.49. The molecular formula is C19H25N3O3. The van der Waals surface area contributed by atoms with Crippen LogP contribution < -0.4 is 0 Å². The Bertz CT molecular complexity index is 701. The summed E-state index contributed by atoms with van der Waals surface area (Å²) in [6.45, 7) is 5.46. The number of rotatable bonds is 4. The molecule has 0 radical (unpaired) electrons. The molecule has 2 aromatic heterocycles. The van der Waals surface area contributed by atoms with Gasteiger partial charge in [0.2, 0.25) is 5.91 Å². The molecule has 25 heavy (non-hydrogen) atoms. The smallest absolute Gasteiger partial charge is 0.226 e. The molecule has 2 aliphatic rings. The van der Waals surface area contributed by atoms with Gasteiger partial charge in [0.15, 0.2) is 5.76 Å². The molecule has 0 bridgehead atoms. The minimum atomic E-state index is 0.0647. The van der Waals surface area contributed by atoms with Crippen molar-refractivity contribution < 1.29 is 13.7 Å². The van der Waals surface area contributed by atoms with Crippen LogP contribution in [0.4, 0.5) is 0 Å². The number of aryl methyl sites for hydroxylation is 1. The number of hydrogen-bond donors (Lipinski definition) is 0. The molecule has 0 aliphatic carbocycles. The first-order chi connectivity index (χ1) is 12.2. The van der Waals surface area contributed by atoms with E-state index in [1.807, 2.05) is 30.0 Å². The lowest BCUT2D eigenvalue weighted by molar-refractivity contribution is -0.138. The first-order valence-electron chi connectivity index (χ1n) is 9.19. The number of amides is 1. The van der Waals surface area contributed by atoms with Gasteiger partial charge in [-0.3, -0.25) is 9.69 Å². The SMILES string of the molecule is Cc1cc([C@H]2CCCN2C(=O)C2CCN(Cc3ccco3)CC2)on1. The molecule has 0 aromatic carbocycles. The molecule has 0 saturated carbocycles. The summed E-state index contributed by atoms with van der Waals surface area (Å²) in [6, 6.07) is 5.95. The largest absolute Gasteiger partial charge is 0.468 e. The van der Waals surface area contributed by atoms with E-state index in [0.717, 1.165) is 69.1 Å². The molecule has 0 N–H and O–H groups in total. The highest BCUT2D eigenvalue weighted by atomic mass is 16.5. The van der Waals surface area contributed by atoms with E-state index in [1.165, 1.54) is 0 Å². The van der Waals surface area contributed by atoms with Crippen molar-refractivity contribution in [3.05, 3.63) is 41.7 Å². The number of hydrogen-bond acceptors (Lipinski definition) is 5. The molecule has 2 saturated heterocycles. The molecule has 0 spiro atoms. The number of carbonyl (C=O) groups is 1. The average molecular weight is 343 g/mol. The van der Waals surface area contributed by atoms with Gasteiger partial charge in [0.1, 0.15) is 5.76 Å². The fourth-order valence-electron chi connectivity index (χ4n) is 4.06. The molecule has 6 heteroatoms. The Morgan fingerprint density at radius 2 is 2.12 bits per heavy atom. The summed E-state index contributed by atoms with van der Waals surface area (Å²) in [5.74, 6) is 2.23. The van der Waals surface area contributed by atoms with Gasteiger partial charge in [-0.05, 0) is 57.8 Å². The van der Waals surface area contributed by atoms with Crippen LogP contribution in [0.25, 0.3) is 0 Å². The Balaban J connectivity index is 1.35. The van der Waals surface area contributed by atoms with Gasteiger partial charge in [0.25, 0.3) is 0 Å². The van der Waals surface area contributed by atoms with Gasteiger partial charge in [-0.1, -0.05) is 5.16 Å². The first kappa shape index (κ1) is 16.4. The number of nitrogens with zero attached hydrogens (tertiary/aromatic N) is 3. The van der Waals surface area contributed by atoms with Crippen molar-refractivity contribution in [1.29, 1.82) is 0 Å². The maximum absolute atomic E-state index is 13.0. The van der Waals surface area contributed by atoms with E-state index >= 15 is 0 Å². The zero-order valence-electron chi connectivity index (χ0n) is 14.7. The summed E-state index contributed by atoms with van der Waals surface area (Å²) < 4.78 is 10.9. The standard InChI is InChI=1S/C19H25N3O3/c1-14-12-18(25-20-14)17-5-2-8-22(17)19(23)15-6-9-21(10-7-15)13-16-4-3-11-24-16/h3-4,11-12,15,17H,2,5-10,13H2,1H3/t17-/m1/s1. The Labute approximate surface area is 147 Å². The molecule has 2 aromatic rings. The zero-order valence-corrected chi connectivity index (χ0v) is 14.7. The Hall–Kier alpha value is -2.08. The summed E-state index contributed by atoms with van der Waals surface area (Å²) in [5, 5.41) is 3.98. The van der Waals surface area contributed by atoms with Gasteiger partial charge < -0.3 is 13.8 Å². The van der Waals surface area contributed by atoms with Crippen LogP contribution in [0.3, 0.4) is 0 Å². The van der Waals surface area contributed by atoms with Crippen molar-refractivity contribution in [3.63, 3.8) is 0 Å². The van der Waals surface area contributed by atoms with E-state index in [9.17, 15) is 4.79 Å². The van der Waals surface area contributed by atoms with Crippen molar-refractivity contribution in [3.8, 4) is 0 Å². The summed E-state index contributed by atoms with van der Waals surface area (Å²) >= 11 is 0. The van der Waals surface area contributed by atoms with Crippen molar-refractivity contribution in [2.45, 2.75) is 45.2 Å². The van der Waals surface area contributed by atoms with Gasteiger partial charge in [-0.2, -0.15) is 0 Å². The highest BCUT2D eigenvalue weighted by molar-refractivity contribution is 5.79. The first-order valence-corrected chi connectivity index (χ1v) is 9.19. The Morgan fingerprint density at radius 3 is 2.80 bits per heavy atom.